The van der Waals surface area contributed by atoms with Crippen molar-refractivity contribution < 1.29 is 12.8 Å². The molecule has 0 aliphatic rings. The normalized spacial score (nSPS) is 13.8. The minimum Gasteiger partial charge on any atom is -0.452 e. The van der Waals surface area contributed by atoms with Gasteiger partial charge in [0.05, 0.1) is 6.54 Å². The molecule has 0 bridgehead atoms. The van der Waals surface area contributed by atoms with Gasteiger partial charge in [-0.05, 0) is 40.7 Å². The first-order chi connectivity index (χ1) is 9.77. The number of nitrogens with one attached hydrogen (secondary N) is 2. The summed E-state index contributed by atoms with van der Waals surface area (Å²) < 4.78 is 32.9. The molecule has 21 heavy (non-hydrogen) atoms. The van der Waals surface area contributed by atoms with Crippen molar-refractivity contribution in [2.45, 2.75) is 45.6 Å². The van der Waals surface area contributed by atoms with E-state index in [-0.39, 0.29) is 15.5 Å². The van der Waals surface area contributed by atoms with Crippen molar-refractivity contribution in [3.05, 3.63) is 16.5 Å². The zero-order valence-corrected chi connectivity index (χ0v) is 15.5. The Labute approximate surface area is 136 Å². The molecule has 0 aliphatic heterocycles. The maximum Gasteiger partial charge on any atom is 0.244 e. The van der Waals surface area contributed by atoms with Crippen LogP contribution in [0.4, 0.5) is 0 Å². The molecule has 0 saturated carbocycles. The van der Waals surface area contributed by atoms with Crippen LogP contribution in [0.15, 0.2) is 20.0 Å². The van der Waals surface area contributed by atoms with E-state index in [9.17, 15) is 8.42 Å². The molecular formula is C14H25BrN2O3S. The van der Waals surface area contributed by atoms with E-state index >= 15 is 0 Å². The van der Waals surface area contributed by atoms with Gasteiger partial charge in [-0.15, -0.1) is 0 Å². The Bertz CT molecular complexity index is 540. The lowest BCUT2D eigenvalue weighted by atomic mass is 9.99. The molecule has 7 heteroatoms. The summed E-state index contributed by atoms with van der Waals surface area (Å²) in [4.78, 5) is 0.159. The van der Waals surface area contributed by atoms with Gasteiger partial charge in [0, 0.05) is 12.6 Å². The first kappa shape index (κ1) is 18.7. The lowest BCUT2D eigenvalue weighted by molar-refractivity contribution is 0.414. The maximum atomic E-state index is 12.3. The van der Waals surface area contributed by atoms with Gasteiger partial charge in [0.1, 0.15) is 10.7 Å². The van der Waals surface area contributed by atoms with Gasteiger partial charge in [-0.1, -0.05) is 27.7 Å². The maximum absolute atomic E-state index is 12.3. The highest BCUT2D eigenvalue weighted by atomic mass is 79.9. The number of hydrogen-bond acceptors (Lipinski definition) is 4. The van der Waals surface area contributed by atoms with Crippen LogP contribution in [0, 0.1) is 11.8 Å². The van der Waals surface area contributed by atoms with Crippen LogP contribution in [0.2, 0.25) is 0 Å². The van der Waals surface area contributed by atoms with Crippen LogP contribution in [0.5, 0.6) is 0 Å². The Morgan fingerprint density at radius 1 is 1.33 bits per heavy atom. The van der Waals surface area contributed by atoms with Crippen LogP contribution < -0.4 is 10.0 Å². The van der Waals surface area contributed by atoms with Crippen molar-refractivity contribution in [3.63, 3.8) is 0 Å². The minimum absolute atomic E-state index is 0.159. The van der Waals surface area contributed by atoms with Crippen LogP contribution in [0.3, 0.4) is 0 Å². The first-order valence-corrected chi connectivity index (χ1v) is 9.54. The van der Waals surface area contributed by atoms with Crippen LogP contribution >= 0.6 is 15.9 Å². The van der Waals surface area contributed by atoms with Crippen LogP contribution in [0.1, 0.15) is 39.9 Å². The fourth-order valence-electron chi connectivity index (χ4n) is 1.61. The second kappa shape index (κ2) is 8.31. The molecule has 1 heterocycles. The molecule has 0 radical (unpaired) electrons. The fraction of sp³-hybridized carbons (Fsp3) is 0.714. The summed E-state index contributed by atoms with van der Waals surface area (Å²) in [5.41, 5.74) is 0. The van der Waals surface area contributed by atoms with Crippen molar-refractivity contribution >= 4 is 26.0 Å². The molecule has 2 N–H and O–H groups in total. The third-order valence-electron chi connectivity index (χ3n) is 3.46. The zero-order chi connectivity index (χ0) is 16.0. The SMILES string of the molecule is CCCNCc1cc(S(=O)(=O)NCC(C)C(C)C)c(Br)o1. The summed E-state index contributed by atoms with van der Waals surface area (Å²) in [7, 11) is -3.55. The van der Waals surface area contributed by atoms with Crippen LogP contribution in [0.25, 0.3) is 0 Å². The topological polar surface area (TPSA) is 71.3 Å². The lowest BCUT2D eigenvalue weighted by Gasteiger charge is -2.15. The van der Waals surface area contributed by atoms with E-state index in [1.165, 1.54) is 0 Å². The van der Waals surface area contributed by atoms with Gasteiger partial charge in [0.2, 0.25) is 10.0 Å². The molecule has 1 atom stereocenters. The highest BCUT2D eigenvalue weighted by Gasteiger charge is 2.23. The summed E-state index contributed by atoms with van der Waals surface area (Å²) in [6, 6.07) is 1.56. The predicted molar refractivity (Wildman–Crippen MR) is 87.6 cm³/mol. The summed E-state index contributed by atoms with van der Waals surface area (Å²) in [6.07, 6.45) is 1.02. The molecule has 1 rings (SSSR count). The molecule has 0 saturated heterocycles. The standard InChI is InChI=1S/C14H25BrN2O3S/c1-5-6-16-9-12-7-13(14(15)20-12)21(18,19)17-8-11(4)10(2)3/h7,10-11,16-17H,5-6,8-9H2,1-4H3. The molecule has 0 aromatic carbocycles. The van der Waals surface area contributed by atoms with Crippen molar-refractivity contribution in [1.82, 2.24) is 10.0 Å². The molecule has 5 nitrogen and oxygen atoms in total. The Morgan fingerprint density at radius 2 is 2.00 bits per heavy atom. The average molecular weight is 381 g/mol. The number of furan rings is 1. The Balaban J connectivity index is 2.74. The molecule has 1 unspecified atom stereocenters. The second-order valence-electron chi connectivity index (χ2n) is 5.60. The largest absolute Gasteiger partial charge is 0.452 e. The van der Waals surface area contributed by atoms with E-state index in [1.54, 1.807) is 6.07 Å². The quantitative estimate of drug-likeness (QED) is 0.645. The molecule has 0 amide bonds. The van der Waals surface area contributed by atoms with E-state index in [2.05, 4.69) is 46.7 Å². The van der Waals surface area contributed by atoms with Gasteiger partial charge in [0.15, 0.2) is 4.67 Å². The summed E-state index contributed by atoms with van der Waals surface area (Å²) in [5.74, 6) is 1.30. The van der Waals surface area contributed by atoms with E-state index in [0.29, 0.717) is 24.8 Å². The highest BCUT2D eigenvalue weighted by molar-refractivity contribution is 9.10. The van der Waals surface area contributed by atoms with Gasteiger partial charge in [-0.3, -0.25) is 0 Å². The van der Waals surface area contributed by atoms with Crippen molar-refractivity contribution in [1.29, 1.82) is 0 Å². The van der Waals surface area contributed by atoms with E-state index in [0.717, 1.165) is 13.0 Å². The smallest absolute Gasteiger partial charge is 0.244 e. The molecule has 1 aromatic rings. The van der Waals surface area contributed by atoms with Crippen molar-refractivity contribution in [3.8, 4) is 0 Å². The van der Waals surface area contributed by atoms with Gasteiger partial charge in [0.25, 0.3) is 0 Å². The zero-order valence-electron chi connectivity index (χ0n) is 13.1. The van der Waals surface area contributed by atoms with Gasteiger partial charge < -0.3 is 9.73 Å². The third kappa shape index (κ3) is 5.73. The second-order valence-corrected chi connectivity index (χ2v) is 8.06. The number of sulfonamides is 1. The van der Waals surface area contributed by atoms with Crippen LogP contribution in [-0.4, -0.2) is 21.5 Å². The summed E-state index contributed by atoms with van der Waals surface area (Å²) in [6.45, 7) is 10.0. The molecule has 0 fully saturated rings. The summed E-state index contributed by atoms with van der Waals surface area (Å²) in [5, 5.41) is 3.18. The number of halogens is 1. The third-order valence-corrected chi connectivity index (χ3v) is 5.74. The van der Waals surface area contributed by atoms with E-state index < -0.39 is 10.0 Å². The Hall–Kier alpha value is -0.370. The first-order valence-electron chi connectivity index (χ1n) is 7.26. The molecule has 0 aliphatic carbocycles. The number of hydrogen-bond donors (Lipinski definition) is 2. The predicted octanol–water partition coefficient (Wildman–Crippen LogP) is 3.11. The van der Waals surface area contributed by atoms with Gasteiger partial charge in [-0.25, -0.2) is 13.1 Å². The van der Waals surface area contributed by atoms with Gasteiger partial charge >= 0.3 is 0 Å². The molecule has 1 aromatic heterocycles. The Morgan fingerprint density at radius 3 is 2.57 bits per heavy atom. The number of rotatable bonds is 9. The average Bonchev–Trinajstić information content (AvgIpc) is 2.78. The molecule has 122 valence electrons. The highest BCUT2D eigenvalue weighted by Crippen LogP contribution is 2.26. The van der Waals surface area contributed by atoms with Crippen LogP contribution in [-0.2, 0) is 16.6 Å². The summed E-state index contributed by atoms with van der Waals surface area (Å²) >= 11 is 3.18. The van der Waals surface area contributed by atoms with Gasteiger partial charge in [-0.2, -0.15) is 0 Å². The van der Waals surface area contributed by atoms with E-state index in [4.69, 9.17) is 4.42 Å². The Kier molecular flexibility index (Phi) is 7.39. The molecule has 0 spiro atoms. The monoisotopic (exact) mass is 380 g/mol. The van der Waals surface area contributed by atoms with Crippen molar-refractivity contribution in [2.75, 3.05) is 13.1 Å². The fourth-order valence-corrected chi connectivity index (χ4v) is 3.75. The molecular weight excluding hydrogens is 356 g/mol. The van der Waals surface area contributed by atoms with E-state index in [1.807, 2.05) is 6.92 Å². The lowest BCUT2D eigenvalue weighted by Crippen LogP contribution is -2.30. The minimum atomic E-state index is -3.55. The van der Waals surface area contributed by atoms with Crippen molar-refractivity contribution in [2.24, 2.45) is 11.8 Å².